The molecule has 2 aliphatic heterocycles. The van der Waals surface area contributed by atoms with E-state index in [1.807, 2.05) is 0 Å². The predicted octanol–water partition coefficient (Wildman–Crippen LogP) is 2.02. The van der Waals surface area contributed by atoms with Gasteiger partial charge in [-0.25, -0.2) is 4.79 Å². The van der Waals surface area contributed by atoms with Gasteiger partial charge >= 0.3 is 12.0 Å². The van der Waals surface area contributed by atoms with Crippen molar-refractivity contribution in [3.63, 3.8) is 0 Å². The van der Waals surface area contributed by atoms with Crippen LogP contribution < -0.4 is 5.32 Å². The third-order valence-electron chi connectivity index (χ3n) is 5.49. The monoisotopic (exact) mass is 371 g/mol. The van der Waals surface area contributed by atoms with Crippen LogP contribution in [0.25, 0.3) is 0 Å². The highest BCUT2D eigenvalue weighted by Crippen LogP contribution is 2.33. The molecule has 0 spiro atoms. The zero-order valence-corrected chi connectivity index (χ0v) is 14.8. The third kappa shape index (κ3) is 3.39. The van der Waals surface area contributed by atoms with Crippen molar-refractivity contribution in [3.05, 3.63) is 29.3 Å². The molecule has 1 saturated heterocycles. The Morgan fingerprint density at radius 2 is 1.70 bits per heavy atom. The fourth-order valence-corrected chi connectivity index (χ4v) is 3.62. The molecule has 1 aromatic carbocycles. The summed E-state index contributed by atoms with van der Waals surface area (Å²) in [6.07, 6.45) is 2.95. The number of benzene rings is 1. The molecule has 8 heteroatoms. The van der Waals surface area contributed by atoms with Crippen LogP contribution in [-0.4, -0.2) is 58.4 Å². The maximum absolute atomic E-state index is 12.5. The second-order valence-corrected chi connectivity index (χ2v) is 7.45. The lowest BCUT2D eigenvalue weighted by molar-refractivity contribution is -0.143. The number of carboxylic acid groups (broad SMARTS) is 1. The number of nitrogens with zero attached hydrogens (tertiary/aromatic N) is 2. The van der Waals surface area contributed by atoms with E-state index in [0.29, 0.717) is 55.2 Å². The van der Waals surface area contributed by atoms with E-state index >= 15 is 0 Å². The number of piperidine rings is 1. The minimum Gasteiger partial charge on any atom is -0.481 e. The van der Waals surface area contributed by atoms with Gasteiger partial charge in [-0.05, 0) is 49.8 Å². The molecule has 4 amide bonds. The van der Waals surface area contributed by atoms with E-state index in [9.17, 15) is 19.2 Å². The third-order valence-corrected chi connectivity index (χ3v) is 5.49. The molecular weight excluding hydrogens is 350 g/mol. The quantitative estimate of drug-likeness (QED) is 0.788. The van der Waals surface area contributed by atoms with Crippen LogP contribution in [-0.2, 0) is 4.79 Å². The Kier molecular flexibility index (Phi) is 4.33. The number of carbonyl (C=O) groups is 4. The lowest BCUT2D eigenvalue weighted by atomic mass is 9.97. The Morgan fingerprint density at radius 1 is 1.04 bits per heavy atom. The molecule has 0 unspecified atom stereocenters. The summed E-state index contributed by atoms with van der Waals surface area (Å²) in [5.41, 5.74) is 1.15. The molecular formula is C19H21N3O5. The van der Waals surface area contributed by atoms with Gasteiger partial charge in [0.1, 0.15) is 0 Å². The van der Waals surface area contributed by atoms with Crippen LogP contribution in [0.3, 0.4) is 0 Å². The zero-order valence-electron chi connectivity index (χ0n) is 14.8. The topological polar surface area (TPSA) is 107 Å². The highest BCUT2D eigenvalue weighted by atomic mass is 16.4. The van der Waals surface area contributed by atoms with E-state index in [-0.39, 0.29) is 17.8 Å². The second-order valence-electron chi connectivity index (χ2n) is 7.45. The molecule has 3 aliphatic rings. The van der Waals surface area contributed by atoms with Crippen molar-refractivity contribution in [1.29, 1.82) is 0 Å². The summed E-state index contributed by atoms with van der Waals surface area (Å²) in [6.45, 7) is 1.22. The van der Waals surface area contributed by atoms with Crippen molar-refractivity contribution >= 4 is 29.5 Å². The minimum atomic E-state index is -0.826. The molecule has 2 heterocycles. The van der Waals surface area contributed by atoms with Crippen LogP contribution in [0.5, 0.6) is 0 Å². The van der Waals surface area contributed by atoms with Crippen LogP contribution in [0.4, 0.5) is 10.5 Å². The average molecular weight is 371 g/mol. The number of aliphatic carboxylic acids is 1. The van der Waals surface area contributed by atoms with E-state index < -0.39 is 11.9 Å². The first-order chi connectivity index (χ1) is 12.9. The van der Waals surface area contributed by atoms with E-state index in [4.69, 9.17) is 5.11 Å². The Morgan fingerprint density at radius 3 is 2.33 bits per heavy atom. The lowest BCUT2D eigenvalue weighted by Crippen LogP contribution is -2.42. The molecule has 8 nitrogen and oxygen atoms in total. The van der Waals surface area contributed by atoms with E-state index in [2.05, 4.69) is 5.32 Å². The summed E-state index contributed by atoms with van der Waals surface area (Å²) in [5.74, 6) is -1.39. The van der Waals surface area contributed by atoms with Crippen LogP contribution >= 0.6 is 0 Å². The van der Waals surface area contributed by atoms with Crippen molar-refractivity contribution in [2.24, 2.45) is 11.8 Å². The standard InChI is InChI=1S/C19H21N3O5/c23-16-14-4-3-13(9-15(14)17(24)22(16)10-11-1-2-11)20-19(27)21-7-5-12(6-8-21)18(25)26/h3-4,9,11-12H,1-2,5-8,10H2,(H,20,27)(H,25,26). The van der Waals surface area contributed by atoms with E-state index in [0.717, 1.165) is 12.8 Å². The zero-order chi connectivity index (χ0) is 19.1. The fraction of sp³-hybridized carbons (Fsp3) is 0.474. The molecule has 1 aliphatic carbocycles. The van der Waals surface area contributed by atoms with Crippen LogP contribution in [0.1, 0.15) is 46.4 Å². The Balaban J connectivity index is 1.42. The fourth-order valence-electron chi connectivity index (χ4n) is 3.62. The summed E-state index contributed by atoms with van der Waals surface area (Å²) in [6, 6.07) is 4.41. The maximum atomic E-state index is 12.5. The summed E-state index contributed by atoms with van der Waals surface area (Å²) in [5, 5.41) is 11.8. The number of amides is 4. The van der Waals surface area contributed by atoms with E-state index in [1.165, 1.54) is 4.90 Å². The Bertz CT molecular complexity index is 825. The first-order valence-electron chi connectivity index (χ1n) is 9.23. The van der Waals surface area contributed by atoms with Crippen molar-refractivity contribution in [2.75, 3.05) is 25.0 Å². The normalized spacial score (nSPS) is 20.0. The predicted molar refractivity (Wildman–Crippen MR) is 95.5 cm³/mol. The number of anilines is 1. The number of nitrogens with one attached hydrogen (secondary N) is 1. The van der Waals surface area contributed by atoms with Crippen molar-refractivity contribution < 1.29 is 24.3 Å². The van der Waals surface area contributed by atoms with Gasteiger partial charge in [0.2, 0.25) is 0 Å². The molecule has 27 heavy (non-hydrogen) atoms. The van der Waals surface area contributed by atoms with Gasteiger partial charge in [0.05, 0.1) is 17.0 Å². The number of imide groups is 1. The first-order valence-corrected chi connectivity index (χ1v) is 9.23. The minimum absolute atomic E-state index is 0.268. The number of likely N-dealkylation sites (tertiary alicyclic amines) is 1. The van der Waals surface area contributed by atoms with E-state index in [1.54, 1.807) is 23.1 Å². The number of carboxylic acids is 1. The molecule has 0 radical (unpaired) electrons. The molecule has 0 bridgehead atoms. The van der Waals surface area contributed by atoms with Crippen LogP contribution in [0.2, 0.25) is 0 Å². The number of hydrogen-bond acceptors (Lipinski definition) is 4. The van der Waals surface area contributed by atoms with Gasteiger partial charge in [-0.15, -0.1) is 0 Å². The van der Waals surface area contributed by atoms with Gasteiger partial charge in [-0.1, -0.05) is 0 Å². The summed E-state index contributed by atoms with van der Waals surface area (Å²) < 4.78 is 0. The largest absolute Gasteiger partial charge is 0.481 e. The summed E-state index contributed by atoms with van der Waals surface area (Å²) in [4.78, 5) is 51.2. The van der Waals surface area contributed by atoms with Gasteiger partial charge in [0.15, 0.2) is 0 Å². The highest BCUT2D eigenvalue weighted by molar-refractivity contribution is 6.21. The molecule has 1 saturated carbocycles. The lowest BCUT2D eigenvalue weighted by Gasteiger charge is -2.30. The van der Waals surface area contributed by atoms with Gasteiger partial charge in [0.25, 0.3) is 11.8 Å². The Labute approximate surface area is 156 Å². The molecule has 0 aromatic heterocycles. The number of hydrogen-bond donors (Lipinski definition) is 2. The molecule has 1 aromatic rings. The van der Waals surface area contributed by atoms with Gasteiger partial charge in [-0.3, -0.25) is 19.3 Å². The average Bonchev–Trinajstić information content (AvgIpc) is 3.45. The first kappa shape index (κ1) is 17.5. The maximum Gasteiger partial charge on any atom is 0.321 e. The number of carbonyl (C=O) groups excluding carboxylic acids is 3. The molecule has 2 N–H and O–H groups in total. The SMILES string of the molecule is O=C(O)C1CCN(C(=O)Nc2ccc3c(c2)C(=O)N(CC2CC2)C3=O)CC1. The molecule has 142 valence electrons. The molecule has 2 fully saturated rings. The number of fused-ring (bicyclic) bond motifs is 1. The summed E-state index contributed by atoms with van der Waals surface area (Å²) in [7, 11) is 0. The summed E-state index contributed by atoms with van der Waals surface area (Å²) >= 11 is 0. The Hall–Kier alpha value is -2.90. The molecule has 0 atom stereocenters. The number of urea groups is 1. The second kappa shape index (κ2) is 6.68. The van der Waals surface area contributed by atoms with Crippen molar-refractivity contribution in [3.8, 4) is 0 Å². The van der Waals surface area contributed by atoms with Crippen LogP contribution in [0.15, 0.2) is 18.2 Å². The smallest absolute Gasteiger partial charge is 0.321 e. The van der Waals surface area contributed by atoms with Gasteiger partial charge in [0, 0.05) is 25.3 Å². The van der Waals surface area contributed by atoms with Crippen molar-refractivity contribution in [1.82, 2.24) is 9.80 Å². The van der Waals surface area contributed by atoms with Gasteiger partial charge in [-0.2, -0.15) is 0 Å². The van der Waals surface area contributed by atoms with Gasteiger partial charge < -0.3 is 15.3 Å². The highest BCUT2D eigenvalue weighted by Gasteiger charge is 2.39. The molecule has 4 rings (SSSR count). The van der Waals surface area contributed by atoms with Crippen LogP contribution in [0, 0.1) is 11.8 Å². The van der Waals surface area contributed by atoms with Crippen molar-refractivity contribution in [2.45, 2.75) is 25.7 Å². The number of rotatable bonds is 4.